The second kappa shape index (κ2) is 6.46. The fraction of sp³-hybridized carbons (Fsp3) is 0.111. The molecule has 0 radical (unpaired) electrons. The van der Waals surface area contributed by atoms with Gasteiger partial charge >= 0.3 is 0 Å². The number of nitrogens with one attached hydrogen (secondary N) is 2. The van der Waals surface area contributed by atoms with Crippen LogP contribution in [0.2, 0.25) is 0 Å². The van der Waals surface area contributed by atoms with Crippen LogP contribution in [0.5, 0.6) is 5.75 Å². The van der Waals surface area contributed by atoms with E-state index in [0.717, 1.165) is 5.56 Å². The van der Waals surface area contributed by atoms with Crippen molar-refractivity contribution < 1.29 is 9.90 Å². The van der Waals surface area contributed by atoms with E-state index in [4.69, 9.17) is 0 Å². The first-order valence-electron chi connectivity index (χ1n) is 7.28. The van der Waals surface area contributed by atoms with Crippen molar-refractivity contribution in [1.29, 1.82) is 0 Å². The second-order valence-electron chi connectivity index (χ2n) is 5.26. The van der Waals surface area contributed by atoms with E-state index < -0.39 is 0 Å². The van der Waals surface area contributed by atoms with E-state index in [1.807, 2.05) is 30.3 Å². The van der Waals surface area contributed by atoms with Crippen LogP contribution in [0.4, 0.5) is 0 Å². The summed E-state index contributed by atoms with van der Waals surface area (Å²) in [4.78, 5) is 26.3. The quantitative estimate of drug-likeness (QED) is 0.631. The van der Waals surface area contributed by atoms with Gasteiger partial charge in [-0.3, -0.25) is 9.59 Å². The third kappa shape index (κ3) is 3.30. The van der Waals surface area contributed by atoms with Gasteiger partial charge in [-0.25, -0.2) is 0 Å². The van der Waals surface area contributed by atoms with E-state index in [0.29, 0.717) is 17.5 Å². The van der Waals surface area contributed by atoms with Gasteiger partial charge in [-0.15, -0.1) is 0 Å². The van der Waals surface area contributed by atoms with Crippen molar-refractivity contribution >= 4 is 16.7 Å². The lowest BCUT2D eigenvalue weighted by atomic mass is 10.0. The molecule has 116 valence electrons. The summed E-state index contributed by atoms with van der Waals surface area (Å²) >= 11 is 0. The number of carbonyl (C=O) groups excluding carboxylic acids is 1. The Hall–Kier alpha value is -2.92. The Labute approximate surface area is 132 Å². The minimum atomic E-state index is -0.320. The second-order valence-corrected chi connectivity index (χ2v) is 5.26. The van der Waals surface area contributed by atoms with Gasteiger partial charge in [0.1, 0.15) is 5.75 Å². The number of hydrogen-bond acceptors (Lipinski definition) is 4. The maximum absolute atomic E-state index is 12.4. The summed E-state index contributed by atoms with van der Waals surface area (Å²) in [7, 11) is 0. The lowest BCUT2D eigenvalue weighted by Crippen LogP contribution is -2.23. The molecule has 3 N–H and O–H groups in total. The highest BCUT2D eigenvalue weighted by Crippen LogP contribution is 2.24. The first-order chi connectivity index (χ1) is 11.1. The molecule has 5 heteroatoms. The Morgan fingerprint density at radius 2 is 1.83 bits per heavy atom. The van der Waals surface area contributed by atoms with Crippen molar-refractivity contribution in [3.63, 3.8) is 0 Å². The third-order valence-corrected chi connectivity index (χ3v) is 3.63. The van der Waals surface area contributed by atoms with E-state index >= 15 is 0 Å². The molecule has 0 fully saturated rings. The van der Waals surface area contributed by atoms with Crippen LogP contribution in [0.3, 0.4) is 0 Å². The van der Waals surface area contributed by atoms with E-state index in [2.05, 4.69) is 10.3 Å². The topological polar surface area (TPSA) is 82.2 Å². The highest BCUT2D eigenvalue weighted by molar-refractivity contribution is 6.09. The summed E-state index contributed by atoms with van der Waals surface area (Å²) in [5.41, 5.74) is 1.53. The van der Waals surface area contributed by atoms with Gasteiger partial charge < -0.3 is 15.4 Å². The van der Waals surface area contributed by atoms with Gasteiger partial charge in [0.2, 0.25) is 5.56 Å². The normalized spacial score (nSPS) is 10.8. The van der Waals surface area contributed by atoms with Crippen molar-refractivity contribution in [3.05, 3.63) is 76.1 Å². The summed E-state index contributed by atoms with van der Waals surface area (Å²) in [5, 5.41) is 13.5. The van der Waals surface area contributed by atoms with Gasteiger partial charge in [-0.1, -0.05) is 30.3 Å². The van der Waals surface area contributed by atoms with E-state index in [-0.39, 0.29) is 29.2 Å². The van der Waals surface area contributed by atoms with Crippen molar-refractivity contribution in [2.24, 2.45) is 0 Å². The standard InChI is InChI=1S/C18H16N2O3/c21-15-8-6-13(14-7-9-17(23)20-18(14)15)16(22)11-19-10-12-4-2-1-3-5-12/h1-9,19,21H,10-11H2,(H,20,23). The van der Waals surface area contributed by atoms with Crippen molar-refractivity contribution in [2.75, 3.05) is 6.54 Å². The molecule has 0 unspecified atom stereocenters. The highest BCUT2D eigenvalue weighted by Gasteiger charge is 2.12. The largest absolute Gasteiger partial charge is 0.506 e. The number of hydrogen-bond donors (Lipinski definition) is 3. The molecule has 0 bridgehead atoms. The molecule has 0 saturated heterocycles. The number of aromatic nitrogens is 1. The van der Waals surface area contributed by atoms with Crippen molar-refractivity contribution in [2.45, 2.75) is 6.54 Å². The third-order valence-electron chi connectivity index (χ3n) is 3.63. The first-order valence-corrected chi connectivity index (χ1v) is 7.28. The van der Waals surface area contributed by atoms with Gasteiger partial charge in [0, 0.05) is 23.6 Å². The van der Waals surface area contributed by atoms with Crippen LogP contribution in [-0.2, 0) is 6.54 Å². The summed E-state index contributed by atoms with van der Waals surface area (Å²) in [6.45, 7) is 0.771. The molecule has 2 aromatic carbocycles. The van der Waals surface area contributed by atoms with Crippen LogP contribution >= 0.6 is 0 Å². The number of pyridine rings is 1. The molecule has 1 heterocycles. The zero-order chi connectivity index (χ0) is 16.2. The molecule has 3 rings (SSSR count). The summed E-state index contributed by atoms with van der Waals surface area (Å²) in [6.07, 6.45) is 0. The Morgan fingerprint density at radius 3 is 2.61 bits per heavy atom. The number of benzene rings is 2. The molecule has 5 nitrogen and oxygen atoms in total. The Kier molecular flexibility index (Phi) is 4.21. The zero-order valence-electron chi connectivity index (χ0n) is 12.4. The van der Waals surface area contributed by atoms with Crippen LogP contribution in [0.15, 0.2) is 59.4 Å². The molecule has 0 aliphatic rings. The van der Waals surface area contributed by atoms with Crippen LogP contribution in [0, 0.1) is 0 Å². The minimum absolute atomic E-state index is 0.0495. The summed E-state index contributed by atoms with van der Waals surface area (Å²) in [5.74, 6) is -0.149. The van der Waals surface area contributed by atoms with Crippen LogP contribution in [0.25, 0.3) is 10.9 Å². The van der Waals surface area contributed by atoms with Crippen molar-refractivity contribution in [1.82, 2.24) is 10.3 Å². The molecule has 0 aliphatic heterocycles. The maximum Gasteiger partial charge on any atom is 0.248 e. The number of Topliss-reactive ketones (excluding diaryl/α,β-unsaturated/α-hetero) is 1. The number of aromatic amines is 1. The number of phenolic OH excluding ortho intramolecular Hbond substituents is 1. The van der Waals surface area contributed by atoms with Gasteiger partial charge in [-0.05, 0) is 23.8 Å². The molecule has 3 aromatic rings. The van der Waals surface area contributed by atoms with E-state index in [9.17, 15) is 14.7 Å². The average molecular weight is 308 g/mol. The highest BCUT2D eigenvalue weighted by atomic mass is 16.3. The summed E-state index contributed by atoms with van der Waals surface area (Å²) < 4.78 is 0. The number of carbonyl (C=O) groups is 1. The average Bonchev–Trinajstić information content (AvgIpc) is 2.56. The Bertz CT molecular complexity index is 901. The lowest BCUT2D eigenvalue weighted by Gasteiger charge is -2.08. The number of fused-ring (bicyclic) bond motifs is 1. The molecule has 0 amide bonds. The molecular formula is C18H16N2O3. The fourth-order valence-electron chi connectivity index (χ4n) is 2.49. The molecule has 0 spiro atoms. The van der Waals surface area contributed by atoms with E-state index in [1.165, 1.54) is 12.1 Å². The number of phenols is 1. The molecule has 23 heavy (non-hydrogen) atoms. The number of ketones is 1. The monoisotopic (exact) mass is 308 g/mol. The van der Waals surface area contributed by atoms with Crippen LogP contribution in [-0.4, -0.2) is 22.4 Å². The number of H-pyrrole nitrogens is 1. The molecule has 0 aliphatic carbocycles. The fourth-order valence-corrected chi connectivity index (χ4v) is 2.49. The summed E-state index contributed by atoms with van der Waals surface area (Å²) in [6, 6.07) is 15.7. The van der Waals surface area contributed by atoms with Crippen LogP contribution < -0.4 is 10.9 Å². The number of aromatic hydroxyl groups is 1. The molecular weight excluding hydrogens is 292 g/mol. The van der Waals surface area contributed by atoms with Crippen molar-refractivity contribution in [3.8, 4) is 5.75 Å². The first kappa shape index (κ1) is 15.0. The predicted octanol–water partition coefficient (Wildman–Crippen LogP) is 2.21. The van der Waals surface area contributed by atoms with Gasteiger partial charge in [-0.2, -0.15) is 0 Å². The molecule has 0 saturated carbocycles. The lowest BCUT2D eigenvalue weighted by molar-refractivity contribution is 0.0992. The SMILES string of the molecule is O=C(CNCc1ccccc1)c1ccc(O)c2[nH]c(=O)ccc12. The Balaban J connectivity index is 1.79. The zero-order valence-corrected chi connectivity index (χ0v) is 12.4. The smallest absolute Gasteiger partial charge is 0.248 e. The van der Waals surface area contributed by atoms with Gasteiger partial charge in [0.25, 0.3) is 0 Å². The van der Waals surface area contributed by atoms with E-state index in [1.54, 1.807) is 12.1 Å². The van der Waals surface area contributed by atoms with Crippen LogP contribution in [0.1, 0.15) is 15.9 Å². The predicted molar refractivity (Wildman–Crippen MR) is 88.7 cm³/mol. The molecule has 1 aromatic heterocycles. The van der Waals surface area contributed by atoms with Gasteiger partial charge in [0.05, 0.1) is 12.1 Å². The minimum Gasteiger partial charge on any atom is -0.506 e. The maximum atomic E-state index is 12.4. The molecule has 0 atom stereocenters. The number of rotatable bonds is 5. The Morgan fingerprint density at radius 1 is 1.04 bits per heavy atom. The van der Waals surface area contributed by atoms with Gasteiger partial charge in [0.15, 0.2) is 5.78 Å².